The van der Waals surface area contributed by atoms with Crippen LogP contribution in [0.2, 0.25) is 0 Å². The normalized spacial score (nSPS) is 16.8. The average molecular weight is 349 g/mol. The highest BCUT2D eigenvalue weighted by atomic mass is 35.5. The van der Waals surface area contributed by atoms with Crippen molar-refractivity contribution in [1.82, 2.24) is 10.3 Å². The van der Waals surface area contributed by atoms with Crippen LogP contribution in [0, 0.1) is 0 Å². The summed E-state index contributed by atoms with van der Waals surface area (Å²) in [6.07, 6.45) is 3.36. The molecule has 1 unspecified atom stereocenters. The Bertz CT molecular complexity index is 719. The molecule has 2 heterocycles. The van der Waals surface area contributed by atoms with Crippen LogP contribution in [-0.2, 0) is 17.6 Å². The average Bonchev–Trinajstić information content (AvgIpc) is 2.86. The number of amides is 2. The molecule has 1 aromatic heterocycles. The molecule has 0 spiro atoms. The van der Waals surface area contributed by atoms with Crippen LogP contribution >= 0.6 is 24.2 Å². The van der Waals surface area contributed by atoms with Gasteiger partial charge in [-0.1, -0.05) is 49.0 Å². The first kappa shape index (κ1) is 17.5. The van der Waals surface area contributed by atoms with Crippen LogP contribution in [0.4, 0.5) is 4.79 Å². The summed E-state index contributed by atoms with van der Waals surface area (Å²) in [7, 11) is 0. The van der Waals surface area contributed by atoms with Crippen LogP contribution in [0.3, 0.4) is 0 Å². The molecule has 1 aliphatic heterocycles. The van der Waals surface area contributed by atoms with Gasteiger partial charge in [0.25, 0.3) is 5.24 Å². The van der Waals surface area contributed by atoms with Crippen LogP contribution in [0.25, 0.3) is 11.3 Å². The van der Waals surface area contributed by atoms with Crippen LogP contribution in [0.15, 0.2) is 42.6 Å². The van der Waals surface area contributed by atoms with Crippen molar-refractivity contribution in [3.8, 4) is 11.3 Å². The third-order valence-corrected chi connectivity index (χ3v) is 4.68. The monoisotopic (exact) mass is 348 g/mol. The third kappa shape index (κ3) is 3.92. The highest BCUT2D eigenvalue weighted by Crippen LogP contribution is 2.28. The number of carbonyl (C=O) groups is 2. The van der Waals surface area contributed by atoms with Gasteiger partial charge >= 0.3 is 0 Å². The summed E-state index contributed by atoms with van der Waals surface area (Å²) in [5.74, 6) is -0.209. The zero-order valence-electron chi connectivity index (χ0n) is 12.6. The lowest BCUT2D eigenvalue weighted by Gasteiger charge is -2.11. The van der Waals surface area contributed by atoms with Crippen molar-refractivity contribution in [3.05, 3.63) is 53.7 Å². The number of benzene rings is 1. The standard InChI is InChI=1S/C17H16N2O2S.ClH/c1-2-11-7-8-14(18-10-11)13-6-4-3-5-12(13)9-15-16(20)19-17(21)22-15;/h3-8,10,15H,2,9H2,1H3,(H,19,20,21);1H. The van der Waals surface area contributed by atoms with Gasteiger partial charge in [-0.2, -0.15) is 0 Å². The molecule has 4 nitrogen and oxygen atoms in total. The van der Waals surface area contributed by atoms with E-state index in [0.29, 0.717) is 6.42 Å². The van der Waals surface area contributed by atoms with Crippen molar-refractivity contribution in [2.75, 3.05) is 0 Å². The smallest absolute Gasteiger partial charge is 0.286 e. The van der Waals surface area contributed by atoms with Crippen molar-refractivity contribution < 1.29 is 9.59 Å². The lowest BCUT2D eigenvalue weighted by molar-refractivity contribution is -0.118. The molecule has 1 aromatic carbocycles. The molecule has 1 fully saturated rings. The molecule has 0 radical (unpaired) electrons. The summed E-state index contributed by atoms with van der Waals surface area (Å²) >= 11 is 1.06. The van der Waals surface area contributed by atoms with E-state index in [2.05, 4.69) is 23.3 Å². The number of pyridine rings is 1. The molecule has 1 aliphatic rings. The van der Waals surface area contributed by atoms with Crippen molar-refractivity contribution in [3.63, 3.8) is 0 Å². The number of carbonyl (C=O) groups excluding carboxylic acids is 2. The lowest BCUT2D eigenvalue weighted by atomic mass is 9.99. The maximum atomic E-state index is 11.8. The Labute approximate surface area is 145 Å². The molecule has 6 heteroatoms. The van der Waals surface area contributed by atoms with Crippen molar-refractivity contribution in [2.24, 2.45) is 0 Å². The second kappa shape index (κ2) is 7.62. The highest BCUT2D eigenvalue weighted by Gasteiger charge is 2.32. The molecule has 1 atom stereocenters. The number of rotatable bonds is 4. The van der Waals surface area contributed by atoms with Gasteiger partial charge in [0, 0.05) is 11.8 Å². The summed E-state index contributed by atoms with van der Waals surface area (Å²) in [6.45, 7) is 2.09. The quantitative estimate of drug-likeness (QED) is 0.916. The number of thioether (sulfide) groups is 1. The van der Waals surface area contributed by atoms with E-state index in [0.717, 1.165) is 35.0 Å². The van der Waals surface area contributed by atoms with Crippen molar-refractivity contribution in [1.29, 1.82) is 0 Å². The van der Waals surface area contributed by atoms with Crippen LogP contribution in [0.1, 0.15) is 18.1 Å². The first-order chi connectivity index (χ1) is 10.7. The van der Waals surface area contributed by atoms with E-state index in [9.17, 15) is 9.59 Å². The first-order valence-corrected chi connectivity index (χ1v) is 8.10. The van der Waals surface area contributed by atoms with Crippen molar-refractivity contribution in [2.45, 2.75) is 25.0 Å². The van der Waals surface area contributed by atoms with Crippen LogP contribution in [-0.4, -0.2) is 21.4 Å². The molecule has 2 amide bonds. The molecular formula is C17H17ClN2O2S. The topological polar surface area (TPSA) is 59.1 Å². The molecule has 3 rings (SSSR count). The zero-order valence-corrected chi connectivity index (χ0v) is 14.2. The molecule has 0 bridgehead atoms. The van der Waals surface area contributed by atoms with Crippen LogP contribution < -0.4 is 5.32 Å². The lowest BCUT2D eigenvalue weighted by Crippen LogP contribution is -2.25. The fourth-order valence-corrected chi connectivity index (χ4v) is 3.32. The Kier molecular flexibility index (Phi) is 5.80. The number of halogens is 1. The minimum absolute atomic E-state index is 0. The molecule has 0 aliphatic carbocycles. The molecule has 0 saturated carbocycles. The maximum absolute atomic E-state index is 11.8. The van der Waals surface area contributed by atoms with Crippen molar-refractivity contribution >= 4 is 35.3 Å². The first-order valence-electron chi connectivity index (χ1n) is 7.22. The Balaban J connectivity index is 0.00000192. The fraction of sp³-hybridized carbons (Fsp3) is 0.235. The number of nitrogens with zero attached hydrogens (tertiary/aromatic N) is 1. The second-order valence-corrected chi connectivity index (χ2v) is 6.33. The van der Waals surface area contributed by atoms with Gasteiger partial charge in [0.2, 0.25) is 5.91 Å². The van der Waals surface area contributed by atoms with E-state index in [-0.39, 0.29) is 28.8 Å². The van der Waals surface area contributed by atoms with E-state index < -0.39 is 0 Å². The zero-order chi connectivity index (χ0) is 15.5. The molecular weight excluding hydrogens is 332 g/mol. The summed E-state index contributed by atoms with van der Waals surface area (Å²) < 4.78 is 0. The predicted octanol–water partition coefficient (Wildman–Crippen LogP) is 3.63. The van der Waals surface area contributed by atoms with Crippen LogP contribution in [0.5, 0.6) is 0 Å². The van der Waals surface area contributed by atoms with Gasteiger partial charge in [0.1, 0.15) is 0 Å². The molecule has 23 heavy (non-hydrogen) atoms. The number of hydrogen-bond donors (Lipinski definition) is 1. The van der Waals surface area contributed by atoms with Gasteiger partial charge in [-0.25, -0.2) is 0 Å². The Hall–Kier alpha value is -1.85. The summed E-state index contributed by atoms with van der Waals surface area (Å²) in [5, 5.41) is 1.71. The Morgan fingerprint density at radius 1 is 1.17 bits per heavy atom. The minimum Gasteiger partial charge on any atom is -0.286 e. The summed E-state index contributed by atoms with van der Waals surface area (Å²) in [6, 6.07) is 12.0. The van der Waals surface area contributed by atoms with E-state index in [1.807, 2.05) is 36.5 Å². The van der Waals surface area contributed by atoms with Gasteiger partial charge in [0.15, 0.2) is 0 Å². The Morgan fingerprint density at radius 2 is 1.96 bits per heavy atom. The maximum Gasteiger partial charge on any atom is 0.286 e. The number of aryl methyl sites for hydroxylation is 1. The molecule has 1 saturated heterocycles. The number of imide groups is 1. The highest BCUT2D eigenvalue weighted by molar-refractivity contribution is 8.15. The fourth-order valence-electron chi connectivity index (χ4n) is 2.47. The molecule has 1 N–H and O–H groups in total. The van der Waals surface area contributed by atoms with Gasteiger partial charge in [-0.15, -0.1) is 12.4 Å². The van der Waals surface area contributed by atoms with Gasteiger partial charge < -0.3 is 0 Å². The largest absolute Gasteiger partial charge is 0.286 e. The summed E-state index contributed by atoms with van der Waals surface area (Å²) in [4.78, 5) is 27.6. The van der Waals surface area contributed by atoms with Gasteiger partial charge in [-0.3, -0.25) is 19.9 Å². The molecule has 2 aromatic rings. The SMILES string of the molecule is CCc1ccc(-c2ccccc2CC2SC(=O)NC2=O)nc1.Cl. The predicted molar refractivity (Wildman–Crippen MR) is 94.9 cm³/mol. The number of hydrogen-bond acceptors (Lipinski definition) is 4. The summed E-state index contributed by atoms with van der Waals surface area (Å²) in [5.41, 5.74) is 4.12. The second-order valence-electron chi connectivity index (χ2n) is 5.15. The van der Waals surface area contributed by atoms with E-state index >= 15 is 0 Å². The minimum atomic E-state index is -0.358. The van der Waals surface area contributed by atoms with E-state index in [1.54, 1.807) is 0 Å². The third-order valence-electron chi connectivity index (χ3n) is 3.70. The molecule has 120 valence electrons. The number of nitrogens with one attached hydrogen (secondary N) is 1. The van der Waals surface area contributed by atoms with E-state index in [1.165, 1.54) is 5.56 Å². The van der Waals surface area contributed by atoms with Gasteiger partial charge in [-0.05, 0) is 30.0 Å². The van der Waals surface area contributed by atoms with E-state index in [4.69, 9.17) is 0 Å². The number of aromatic nitrogens is 1. The Morgan fingerprint density at radius 3 is 2.57 bits per heavy atom. The van der Waals surface area contributed by atoms with Gasteiger partial charge in [0.05, 0.1) is 10.9 Å².